The van der Waals surface area contributed by atoms with E-state index in [1.54, 1.807) is 0 Å². The van der Waals surface area contributed by atoms with Gasteiger partial charge in [-0.25, -0.2) is 0 Å². The molecule has 2 nitrogen and oxygen atoms in total. The van der Waals surface area contributed by atoms with Crippen LogP contribution in [0, 0.1) is 17.8 Å². The zero-order valence-electron chi connectivity index (χ0n) is 13.7. The highest BCUT2D eigenvalue weighted by Crippen LogP contribution is 2.38. The van der Waals surface area contributed by atoms with Gasteiger partial charge in [0.15, 0.2) is 0 Å². The molecule has 2 aliphatic rings. The summed E-state index contributed by atoms with van der Waals surface area (Å²) in [5.74, 6) is 2.66. The third-order valence-electron chi connectivity index (χ3n) is 6.11. The van der Waals surface area contributed by atoms with E-state index in [9.17, 15) is 0 Å². The fourth-order valence-electron chi connectivity index (χ4n) is 4.31. The molecule has 2 fully saturated rings. The lowest BCUT2D eigenvalue weighted by Gasteiger charge is -2.45. The van der Waals surface area contributed by atoms with Crippen LogP contribution in [0.2, 0.25) is 0 Å². The molecule has 0 spiro atoms. The van der Waals surface area contributed by atoms with Crippen LogP contribution in [-0.4, -0.2) is 36.1 Å². The molecule has 112 valence electrons. The first-order chi connectivity index (χ1) is 9.08. The molecule has 0 amide bonds. The molecule has 6 atom stereocenters. The van der Waals surface area contributed by atoms with E-state index in [-0.39, 0.29) is 0 Å². The first-order valence-corrected chi connectivity index (χ1v) is 8.57. The van der Waals surface area contributed by atoms with E-state index in [2.05, 4.69) is 44.8 Å². The minimum absolute atomic E-state index is 0.703. The van der Waals surface area contributed by atoms with Crippen LogP contribution in [0.4, 0.5) is 0 Å². The van der Waals surface area contributed by atoms with Crippen LogP contribution in [0.25, 0.3) is 0 Å². The van der Waals surface area contributed by atoms with Crippen molar-refractivity contribution < 1.29 is 0 Å². The van der Waals surface area contributed by atoms with E-state index < -0.39 is 0 Å². The molecule has 1 saturated heterocycles. The Morgan fingerprint density at radius 2 is 1.95 bits per heavy atom. The van der Waals surface area contributed by atoms with E-state index in [4.69, 9.17) is 0 Å². The van der Waals surface area contributed by atoms with Crippen LogP contribution >= 0.6 is 0 Å². The van der Waals surface area contributed by atoms with Crippen molar-refractivity contribution in [2.24, 2.45) is 17.8 Å². The van der Waals surface area contributed by atoms with Crippen molar-refractivity contribution in [1.82, 2.24) is 10.2 Å². The number of hydrogen-bond donors (Lipinski definition) is 1. The first kappa shape index (κ1) is 15.3. The Hall–Kier alpha value is -0.0800. The van der Waals surface area contributed by atoms with Crippen molar-refractivity contribution in [3.8, 4) is 0 Å². The van der Waals surface area contributed by atoms with Crippen LogP contribution in [0.15, 0.2) is 0 Å². The summed E-state index contributed by atoms with van der Waals surface area (Å²) in [7, 11) is 0. The molecule has 19 heavy (non-hydrogen) atoms. The van der Waals surface area contributed by atoms with Crippen LogP contribution in [0.3, 0.4) is 0 Å². The summed E-state index contributed by atoms with van der Waals surface area (Å²) in [5, 5.41) is 3.77. The Bertz CT molecular complexity index is 278. The molecular weight excluding hydrogens is 232 g/mol. The van der Waals surface area contributed by atoms with Gasteiger partial charge in [0.1, 0.15) is 0 Å². The van der Waals surface area contributed by atoms with E-state index in [0.29, 0.717) is 12.1 Å². The summed E-state index contributed by atoms with van der Waals surface area (Å²) in [6.07, 6.45) is 5.54. The molecule has 1 aliphatic carbocycles. The molecule has 1 aliphatic heterocycles. The van der Waals surface area contributed by atoms with Crippen molar-refractivity contribution in [1.29, 1.82) is 0 Å². The summed E-state index contributed by atoms with van der Waals surface area (Å²) < 4.78 is 0. The zero-order chi connectivity index (χ0) is 14.0. The van der Waals surface area contributed by atoms with Gasteiger partial charge in [0.2, 0.25) is 0 Å². The van der Waals surface area contributed by atoms with Gasteiger partial charge in [-0.1, -0.05) is 40.5 Å². The van der Waals surface area contributed by atoms with E-state index in [0.717, 1.165) is 23.8 Å². The predicted molar refractivity (Wildman–Crippen MR) is 83.4 cm³/mol. The SMILES string of the molecule is CCC(C)C1CN(C2CCC(CC)C2C)C(C)CN1. The maximum atomic E-state index is 3.77. The van der Waals surface area contributed by atoms with E-state index in [1.807, 2.05) is 0 Å². The van der Waals surface area contributed by atoms with Crippen LogP contribution < -0.4 is 5.32 Å². The minimum Gasteiger partial charge on any atom is -0.311 e. The molecule has 0 aromatic heterocycles. The fraction of sp³-hybridized carbons (Fsp3) is 1.00. The third kappa shape index (κ3) is 3.16. The maximum Gasteiger partial charge on any atom is 0.0221 e. The number of nitrogens with zero attached hydrogens (tertiary/aromatic N) is 1. The first-order valence-electron chi connectivity index (χ1n) is 8.57. The minimum atomic E-state index is 0.703. The number of hydrogen-bond acceptors (Lipinski definition) is 2. The van der Waals surface area contributed by atoms with Crippen LogP contribution in [0.5, 0.6) is 0 Å². The van der Waals surface area contributed by atoms with Gasteiger partial charge in [-0.15, -0.1) is 0 Å². The van der Waals surface area contributed by atoms with Crippen molar-refractivity contribution in [3.63, 3.8) is 0 Å². The normalized spacial score (nSPS) is 42.5. The van der Waals surface area contributed by atoms with Gasteiger partial charge in [0.25, 0.3) is 0 Å². The van der Waals surface area contributed by atoms with Crippen LogP contribution in [-0.2, 0) is 0 Å². The van der Waals surface area contributed by atoms with Gasteiger partial charge in [-0.3, -0.25) is 4.90 Å². The highest BCUT2D eigenvalue weighted by atomic mass is 15.3. The Morgan fingerprint density at radius 1 is 1.21 bits per heavy atom. The molecule has 2 heteroatoms. The highest BCUT2D eigenvalue weighted by Gasteiger charge is 2.39. The lowest BCUT2D eigenvalue weighted by molar-refractivity contribution is 0.0554. The number of rotatable bonds is 4. The molecule has 0 bridgehead atoms. The lowest BCUT2D eigenvalue weighted by Crippen LogP contribution is -2.60. The van der Waals surface area contributed by atoms with Crippen molar-refractivity contribution in [3.05, 3.63) is 0 Å². The zero-order valence-corrected chi connectivity index (χ0v) is 13.7. The van der Waals surface area contributed by atoms with Gasteiger partial charge < -0.3 is 5.32 Å². The highest BCUT2D eigenvalue weighted by molar-refractivity contribution is 4.95. The predicted octanol–water partition coefficient (Wildman–Crippen LogP) is 3.52. The fourth-order valence-corrected chi connectivity index (χ4v) is 4.31. The van der Waals surface area contributed by atoms with Crippen molar-refractivity contribution >= 4 is 0 Å². The summed E-state index contributed by atoms with van der Waals surface area (Å²) >= 11 is 0. The Morgan fingerprint density at radius 3 is 2.53 bits per heavy atom. The molecule has 1 N–H and O–H groups in total. The molecule has 0 aromatic rings. The maximum absolute atomic E-state index is 3.77. The summed E-state index contributed by atoms with van der Waals surface area (Å²) in [6, 6.07) is 2.26. The van der Waals surface area contributed by atoms with Crippen molar-refractivity contribution in [2.75, 3.05) is 13.1 Å². The third-order valence-corrected chi connectivity index (χ3v) is 6.11. The lowest BCUT2D eigenvalue weighted by atomic mass is 9.90. The smallest absolute Gasteiger partial charge is 0.0221 e. The molecule has 0 aromatic carbocycles. The quantitative estimate of drug-likeness (QED) is 0.837. The van der Waals surface area contributed by atoms with Gasteiger partial charge in [-0.2, -0.15) is 0 Å². The van der Waals surface area contributed by atoms with E-state index in [1.165, 1.54) is 38.8 Å². The summed E-state index contributed by atoms with van der Waals surface area (Å²) in [4.78, 5) is 2.84. The molecule has 6 unspecified atom stereocenters. The second kappa shape index (κ2) is 6.58. The van der Waals surface area contributed by atoms with Gasteiger partial charge in [-0.05, 0) is 37.5 Å². The average molecular weight is 266 g/mol. The Labute approximate surface area is 120 Å². The van der Waals surface area contributed by atoms with Crippen LogP contribution in [0.1, 0.15) is 60.3 Å². The summed E-state index contributed by atoms with van der Waals surface area (Å²) in [6.45, 7) is 14.4. The summed E-state index contributed by atoms with van der Waals surface area (Å²) in [5.41, 5.74) is 0. The second-order valence-electron chi connectivity index (χ2n) is 7.12. The Balaban J connectivity index is 2.01. The molecule has 2 rings (SSSR count). The van der Waals surface area contributed by atoms with Gasteiger partial charge >= 0.3 is 0 Å². The monoisotopic (exact) mass is 266 g/mol. The molecule has 1 heterocycles. The molecular formula is C17H34N2. The van der Waals surface area contributed by atoms with Gasteiger partial charge in [0.05, 0.1) is 0 Å². The standard InChI is InChI=1S/C17H34N2/c1-6-12(3)16-11-19(13(4)10-18-16)17-9-8-15(7-2)14(17)5/h12-18H,6-11H2,1-5H3. The van der Waals surface area contributed by atoms with E-state index >= 15 is 0 Å². The molecule has 1 saturated carbocycles. The second-order valence-corrected chi connectivity index (χ2v) is 7.12. The largest absolute Gasteiger partial charge is 0.311 e. The number of piperazine rings is 1. The molecule has 0 radical (unpaired) electrons. The number of nitrogens with one attached hydrogen (secondary N) is 1. The average Bonchev–Trinajstić information content (AvgIpc) is 2.79. The topological polar surface area (TPSA) is 15.3 Å². The Kier molecular flexibility index (Phi) is 5.30. The van der Waals surface area contributed by atoms with Gasteiger partial charge in [0, 0.05) is 31.2 Å². The van der Waals surface area contributed by atoms with Crippen molar-refractivity contribution in [2.45, 2.75) is 78.4 Å².